The number of rotatable bonds is 7. The van der Waals surface area contributed by atoms with Gasteiger partial charge in [0, 0.05) is 6.20 Å². The summed E-state index contributed by atoms with van der Waals surface area (Å²) in [5.74, 6) is -1.85. The summed E-state index contributed by atoms with van der Waals surface area (Å²) in [7, 11) is 0. The third-order valence-electron chi connectivity index (χ3n) is 6.96. The number of ether oxygens (including phenoxy) is 2. The molecule has 0 unspecified atom stereocenters. The number of aryl methyl sites for hydroxylation is 1. The first kappa shape index (κ1) is 24.2. The highest BCUT2D eigenvalue weighted by atomic mass is 19.2. The molecule has 4 aromatic rings. The number of pyridine rings is 1. The van der Waals surface area contributed by atoms with E-state index in [1.165, 1.54) is 0 Å². The second-order valence-electron chi connectivity index (χ2n) is 10.1. The first-order chi connectivity index (χ1) is 18.1. The van der Waals surface area contributed by atoms with Crippen LogP contribution in [-0.4, -0.2) is 31.9 Å². The molecule has 11 heteroatoms. The molecule has 1 aliphatic heterocycles. The lowest BCUT2D eigenvalue weighted by Crippen LogP contribution is -2.27. The number of hydrogen-bond donors (Lipinski definition) is 1. The van der Waals surface area contributed by atoms with E-state index >= 15 is 0 Å². The van der Waals surface area contributed by atoms with Gasteiger partial charge in [-0.05, 0) is 63.8 Å². The number of carbonyl (C=O) groups is 1. The number of anilines is 1. The van der Waals surface area contributed by atoms with Crippen LogP contribution in [0.15, 0.2) is 30.5 Å². The van der Waals surface area contributed by atoms with Crippen LogP contribution in [-0.2, 0) is 16.8 Å². The zero-order valence-electron chi connectivity index (χ0n) is 20.9. The van der Waals surface area contributed by atoms with E-state index in [-0.39, 0.29) is 17.5 Å². The van der Waals surface area contributed by atoms with E-state index in [2.05, 4.69) is 15.3 Å². The molecular weight excluding hydrogens is 499 g/mol. The number of amides is 1. The minimum atomic E-state index is -1.30. The Balaban J connectivity index is 1.41. The van der Waals surface area contributed by atoms with Gasteiger partial charge in [-0.3, -0.25) is 9.20 Å². The Morgan fingerprint density at radius 2 is 1.84 bits per heavy atom. The zero-order valence-corrected chi connectivity index (χ0v) is 20.9. The lowest BCUT2D eigenvalue weighted by Gasteiger charge is -2.18. The molecule has 0 saturated heterocycles. The van der Waals surface area contributed by atoms with Crippen LogP contribution < -0.4 is 14.8 Å². The zero-order chi connectivity index (χ0) is 26.8. The van der Waals surface area contributed by atoms with Gasteiger partial charge in [-0.2, -0.15) is 4.98 Å². The smallest absolute Gasteiger partial charge is 0.235 e. The van der Waals surface area contributed by atoms with Crippen molar-refractivity contribution >= 4 is 17.4 Å². The monoisotopic (exact) mass is 523 g/mol. The fourth-order valence-corrected chi connectivity index (χ4v) is 4.55. The number of imidazole rings is 1. The number of fused-ring (bicyclic) bond motifs is 2. The first-order valence-electron chi connectivity index (χ1n) is 12.2. The lowest BCUT2D eigenvalue weighted by molar-refractivity contribution is -0.119. The summed E-state index contributed by atoms with van der Waals surface area (Å²) >= 11 is 0. The molecule has 8 nitrogen and oxygen atoms in total. The first-order valence-corrected chi connectivity index (χ1v) is 12.2. The molecule has 3 aromatic heterocycles. The van der Waals surface area contributed by atoms with Gasteiger partial charge in [0.2, 0.25) is 11.8 Å². The summed E-state index contributed by atoms with van der Waals surface area (Å²) in [4.78, 5) is 26.6. The molecule has 0 spiro atoms. The van der Waals surface area contributed by atoms with Crippen LogP contribution in [0, 0.1) is 30.3 Å². The maximum Gasteiger partial charge on any atom is 0.235 e. The molecular formula is C27H24F3N5O3. The molecule has 0 bridgehead atoms. The van der Waals surface area contributed by atoms with Gasteiger partial charge >= 0.3 is 0 Å². The Morgan fingerprint density at radius 3 is 2.61 bits per heavy atom. The van der Waals surface area contributed by atoms with Crippen LogP contribution in [0.3, 0.4) is 0 Å². The van der Waals surface area contributed by atoms with Crippen molar-refractivity contribution in [3.63, 3.8) is 0 Å². The predicted octanol–water partition coefficient (Wildman–Crippen LogP) is 5.11. The van der Waals surface area contributed by atoms with Crippen molar-refractivity contribution in [2.75, 3.05) is 11.9 Å². The van der Waals surface area contributed by atoms with Gasteiger partial charge < -0.3 is 14.8 Å². The Hall–Kier alpha value is -4.15. The van der Waals surface area contributed by atoms with E-state index in [1.54, 1.807) is 43.5 Å². The molecule has 2 aliphatic rings. The lowest BCUT2D eigenvalue weighted by atomic mass is 9.87. The van der Waals surface area contributed by atoms with Gasteiger partial charge in [0.05, 0.1) is 28.8 Å². The fraction of sp³-hybridized carbons (Fsp3) is 0.333. The van der Waals surface area contributed by atoms with Gasteiger partial charge in [0.25, 0.3) is 0 Å². The van der Waals surface area contributed by atoms with Crippen molar-refractivity contribution in [3.8, 4) is 23.1 Å². The van der Waals surface area contributed by atoms with E-state index in [1.807, 2.05) is 0 Å². The summed E-state index contributed by atoms with van der Waals surface area (Å²) in [6, 6.07) is 4.84. The molecule has 196 valence electrons. The maximum absolute atomic E-state index is 14.1. The number of aromatic nitrogens is 4. The second kappa shape index (κ2) is 8.71. The summed E-state index contributed by atoms with van der Waals surface area (Å²) < 4.78 is 55.3. The molecule has 0 radical (unpaired) electrons. The molecule has 1 aromatic carbocycles. The van der Waals surface area contributed by atoms with Crippen LogP contribution in [0.5, 0.6) is 11.6 Å². The van der Waals surface area contributed by atoms with E-state index < -0.39 is 35.0 Å². The average molecular weight is 524 g/mol. The van der Waals surface area contributed by atoms with Crippen molar-refractivity contribution < 1.29 is 27.4 Å². The minimum absolute atomic E-state index is 0.197. The highest BCUT2D eigenvalue weighted by Crippen LogP contribution is 2.43. The number of carbonyl (C=O) groups excluding carboxylic acids is 1. The normalized spacial score (nSPS) is 16.0. The van der Waals surface area contributed by atoms with Crippen molar-refractivity contribution in [1.82, 2.24) is 19.4 Å². The molecule has 1 saturated carbocycles. The number of benzene rings is 1. The topological polar surface area (TPSA) is 90.6 Å². The molecule has 0 atom stereocenters. The molecule has 6 rings (SSSR count). The van der Waals surface area contributed by atoms with Crippen LogP contribution in [0.2, 0.25) is 0 Å². The Morgan fingerprint density at radius 1 is 1.08 bits per heavy atom. The van der Waals surface area contributed by atoms with Crippen molar-refractivity contribution in [1.29, 1.82) is 0 Å². The number of halogens is 3. The van der Waals surface area contributed by atoms with Gasteiger partial charge in [0.15, 0.2) is 28.9 Å². The van der Waals surface area contributed by atoms with Crippen LogP contribution >= 0.6 is 0 Å². The van der Waals surface area contributed by atoms with Gasteiger partial charge in [0.1, 0.15) is 23.9 Å². The Kier molecular flexibility index (Phi) is 5.55. The molecule has 1 N–H and O–H groups in total. The molecule has 1 fully saturated rings. The van der Waals surface area contributed by atoms with Crippen LogP contribution in [0.4, 0.5) is 19.0 Å². The number of nitrogens with zero attached hydrogens (tertiary/aromatic N) is 4. The highest BCUT2D eigenvalue weighted by Gasteiger charge is 2.44. The second-order valence-corrected chi connectivity index (χ2v) is 10.1. The van der Waals surface area contributed by atoms with Gasteiger partial charge in [-0.15, -0.1) is 0 Å². The average Bonchev–Trinajstić information content (AvgIpc) is 3.59. The fourth-order valence-electron chi connectivity index (χ4n) is 4.55. The third-order valence-corrected chi connectivity index (χ3v) is 6.96. The third kappa shape index (κ3) is 3.93. The predicted molar refractivity (Wildman–Crippen MR) is 131 cm³/mol. The van der Waals surface area contributed by atoms with Gasteiger partial charge in [-0.25, -0.2) is 23.1 Å². The van der Waals surface area contributed by atoms with E-state index in [0.717, 1.165) is 25.0 Å². The molecule has 1 aliphatic carbocycles. The Labute approximate surface area is 215 Å². The summed E-state index contributed by atoms with van der Waals surface area (Å²) in [6.45, 7) is 5.33. The van der Waals surface area contributed by atoms with Crippen molar-refractivity contribution in [2.24, 2.45) is 5.92 Å². The van der Waals surface area contributed by atoms with E-state index in [9.17, 15) is 18.0 Å². The highest BCUT2D eigenvalue weighted by molar-refractivity contribution is 6.05. The minimum Gasteiger partial charge on any atom is -0.485 e. The molecule has 4 heterocycles. The standard InChI is InChI=1S/C27H24F3N5O3/c1-13-21(23-32-22-19(27(2,3)26(36)34-22)25(33-23)38-11-14-6-7-14)35-10-4-5-18(24(35)31-13)37-12-15-16(28)8-9-17(29)20(15)30/h4-5,8-10,14H,6-7,11-12H2,1-3H3,(H,32,33,34,36). The summed E-state index contributed by atoms with van der Waals surface area (Å²) in [6.07, 6.45) is 3.92. The summed E-state index contributed by atoms with van der Waals surface area (Å²) in [5.41, 5.74) is 0.678. The maximum atomic E-state index is 14.1. The van der Waals surface area contributed by atoms with Crippen LogP contribution in [0.25, 0.3) is 17.2 Å². The number of hydrogen-bond acceptors (Lipinski definition) is 6. The van der Waals surface area contributed by atoms with E-state index in [0.29, 0.717) is 46.8 Å². The molecule has 38 heavy (non-hydrogen) atoms. The van der Waals surface area contributed by atoms with Crippen molar-refractivity contribution in [2.45, 2.75) is 45.6 Å². The SMILES string of the molecule is Cc1nc2c(OCc3c(F)ccc(F)c3F)cccn2c1-c1nc2c(c(OCC3CC3)n1)C(C)(C)C(=O)N2. The number of nitrogens with one attached hydrogen (secondary N) is 1. The van der Waals surface area contributed by atoms with Crippen LogP contribution in [0.1, 0.15) is 43.5 Å². The quantitative estimate of drug-likeness (QED) is 0.339. The van der Waals surface area contributed by atoms with Crippen molar-refractivity contribution in [3.05, 3.63) is 64.7 Å². The Bertz CT molecular complexity index is 1610. The van der Waals surface area contributed by atoms with E-state index in [4.69, 9.17) is 14.5 Å². The largest absolute Gasteiger partial charge is 0.485 e. The molecule has 1 amide bonds. The van der Waals surface area contributed by atoms with Gasteiger partial charge in [-0.1, -0.05) is 0 Å². The summed E-state index contributed by atoms with van der Waals surface area (Å²) in [5, 5.41) is 2.84.